The maximum atomic E-state index is 12.5. The molecule has 7 heteroatoms. The molecular formula is C25H30N4O3. The molecule has 0 spiro atoms. The van der Waals surface area contributed by atoms with Crippen molar-refractivity contribution in [2.75, 3.05) is 46.9 Å². The fourth-order valence-electron chi connectivity index (χ4n) is 4.15. The van der Waals surface area contributed by atoms with Gasteiger partial charge in [-0.1, -0.05) is 47.6 Å². The first kappa shape index (κ1) is 22.0. The molecule has 7 nitrogen and oxygen atoms in total. The lowest BCUT2D eigenvalue weighted by Crippen LogP contribution is -2.47. The molecule has 2 heterocycles. The summed E-state index contributed by atoms with van der Waals surface area (Å²) < 4.78 is 10.7. The molecule has 1 atom stereocenters. The predicted molar refractivity (Wildman–Crippen MR) is 124 cm³/mol. The van der Waals surface area contributed by atoms with Crippen LogP contribution in [0.15, 0.2) is 65.2 Å². The Bertz CT molecular complexity index is 1020. The molecule has 0 aliphatic carbocycles. The number of nitrogens with one attached hydrogen (secondary N) is 1. The monoisotopic (exact) mass is 434 g/mol. The van der Waals surface area contributed by atoms with Gasteiger partial charge in [0.05, 0.1) is 12.7 Å². The van der Waals surface area contributed by atoms with Crippen LogP contribution in [0.3, 0.4) is 0 Å². The summed E-state index contributed by atoms with van der Waals surface area (Å²) >= 11 is 0. The average Bonchev–Trinajstić information content (AvgIpc) is 3.33. The number of hydrogen-bond donors (Lipinski definition) is 1. The first-order chi connectivity index (χ1) is 15.7. The highest BCUT2D eigenvalue weighted by Crippen LogP contribution is 2.30. The molecule has 4 rings (SSSR count). The van der Waals surface area contributed by atoms with Gasteiger partial charge in [-0.15, -0.1) is 0 Å². The molecule has 0 bridgehead atoms. The lowest BCUT2D eigenvalue weighted by atomic mass is 10.0. The van der Waals surface area contributed by atoms with Crippen LogP contribution in [0.1, 0.15) is 28.5 Å². The van der Waals surface area contributed by atoms with Crippen molar-refractivity contribution >= 4 is 5.91 Å². The van der Waals surface area contributed by atoms with Gasteiger partial charge in [-0.25, -0.2) is 0 Å². The van der Waals surface area contributed by atoms with E-state index in [0.717, 1.165) is 38.2 Å². The summed E-state index contributed by atoms with van der Waals surface area (Å²) in [5.74, 6) is 0.958. The zero-order valence-electron chi connectivity index (χ0n) is 18.7. The van der Waals surface area contributed by atoms with Crippen LogP contribution in [0.25, 0.3) is 11.3 Å². The summed E-state index contributed by atoms with van der Waals surface area (Å²) in [7, 11) is 3.77. The Hall–Kier alpha value is -3.16. The quantitative estimate of drug-likeness (QED) is 0.548. The van der Waals surface area contributed by atoms with Crippen LogP contribution in [-0.2, 0) is 0 Å². The Morgan fingerprint density at radius 3 is 2.75 bits per heavy atom. The fraction of sp³-hybridized carbons (Fsp3) is 0.360. The highest BCUT2D eigenvalue weighted by molar-refractivity contribution is 5.93. The number of carbonyl (C=O) groups is 1. The number of likely N-dealkylation sites (N-methyl/N-ethyl adjacent to an activating group) is 1. The maximum Gasteiger partial charge on any atom is 0.273 e. The molecule has 1 fully saturated rings. The molecule has 0 radical (unpaired) electrons. The fourth-order valence-corrected chi connectivity index (χ4v) is 4.15. The van der Waals surface area contributed by atoms with Crippen LogP contribution in [0.5, 0.6) is 5.75 Å². The van der Waals surface area contributed by atoms with Crippen molar-refractivity contribution in [2.45, 2.75) is 12.5 Å². The van der Waals surface area contributed by atoms with Gasteiger partial charge in [-0.2, -0.15) is 0 Å². The number of para-hydroxylation sites is 1. The van der Waals surface area contributed by atoms with E-state index in [0.29, 0.717) is 24.1 Å². The molecule has 3 aromatic rings. The third kappa shape index (κ3) is 5.18. The van der Waals surface area contributed by atoms with Crippen molar-refractivity contribution in [2.24, 2.45) is 0 Å². The molecule has 1 aliphatic heterocycles. The SMILES string of the molecule is COc1ccccc1-c1cc(C(=O)NCCCN2CCN(C)CC2c2ccccc2)no1. The highest BCUT2D eigenvalue weighted by Gasteiger charge is 2.26. The van der Waals surface area contributed by atoms with Gasteiger partial charge in [0.15, 0.2) is 11.5 Å². The van der Waals surface area contributed by atoms with Gasteiger partial charge in [0, 0.05) is 44.8 Å². The first-order valence-electron chi connectivity index (χ1n) is 11.0. The van der Waals surface area contributed by atoms with E-state index in [1.165, 1.54) is 5.56 Å². The van der Waals surface area contributed by atoms with Crippen molar-refractivity contribution in [1.82, 2.24) is 20.3 Å². The zero-order chi connectivity index (χ0) is 22.3. The smallest absolute Gasteiger partial charge is 0.273 e. The molecule has 1 aromatic heterocycles. The summed E-state index contributed by atoms with van der Waals surface area (Å²) in [6.45, 7) is 4.61. The largest absolute Gasteiger partial charge is 0.496 e. The average molecular weight is 435 g/mol. The molecule has 1 N–H and O–H groups in total. The van der Waals surface area contributed by atoms with Gasteiger partial charge < -0.3 is 19.5 Å². The van der Waals surface area contributed by atoms with Crippen LogP contribution in [0.4, 0.5) is 0 Å². The highest BCUT2D eigenvalue weighted by atomic mass is 16.5. The standard InChI is InChI=1S/C25H30N4O3/c1-28-15-16-29(22(18-28)19-9-4-3-5-10-19)14-8-13-26-25(30)21-17-24(32-27-21)20-11-6-7-12-23(20)31-2/h3-7,9-12,17,22H,8,13-16,18H2,1-2H3,(H,26,30). The van der Waals surface area contributed by atoms with Gasteiger partial charge in [0.1, 0.15) is 5.75 Å². The van der Waals surface area contributed by atoms with Crippen LogP contribution < -0.4 is 10.1 Å². The molecule has 0 saturated carbocycles. The third-order valence-corrected chi connectivity index (χ3v) is 5.90. The summed E-state index contributed by atoms with van der Waals surface area (Å²) in [4.78, 5) is 17.4. The molecule has 1 amide bonds. The van der Waals surface area contributed by atoms with Gasteiger partial charge in [0.2, 0.25) is 0 Å². The number of nitrogens with zero attached hydrogens (tertiary/aromatic N) is 3. The van der Waals surface area contributed by atoms with E-state index >= 15 is 0 Å². The predicted octanol–water partition coefficient (Wildman–Crippen LogP) is 3.46. The number of ether oxygens (including phenoxy) is 1. The summed E-state index contributed by atoms with van der Waals surface area (Å²) in [6, 6.07) is 20.2. The Morgan fingerprint density at radius 2 is 1.94 bits per heavy atom. The normalized spacial score (nSPS) is 17.2. The van der Waals surface area contributed by atoms with Gasteiger partial charge in [-0.3, -0.25) is 9.69 Å². The second kappa shape index (κ2) is 10.4. The second-order valence-electron chi connectivity index (χ2n) is 8.11. The van der Waals surface area contributed by atoms with E-state index < -0.39 is 0 Å². The molecule has 1 unspecified atom stereocenters. The van der Waals surface area contributed by atoms with E-state index in [4.69, 9.17) is 9.26 Å². The Kier molecular flexibility index (Phi) is 7.19. The maximum absolute atomic E-state index is 12.5. The van der Waals surface area contributed by atoms with Gasteiger partial charge in [-0.05, 0) is 31.2 Å². The van der Waals surface area contributed by atoms with E-state index in [9.17, 15) is 4.79 Å². The number of aromatic nitrogens is 1. The van der Waals surface area contributed by atoms with Gasteiger partial charge in [0.25, 0.3) is 5.91 Å². The zero-order valence-corrected chi connectivity index (χ0v) is 18.7. The molecule has 2 aromatic carbocycles. The van der Waals surface area contributed by atoms with Crippen molar-refractivity contribution < 1.29 is 14.1 Å². The number of piperazine rings is 1. The number of benzene rings is 2. The molecule has 1 saturated heterocycles. The number of methoxy groups -OCH3 is 1. The van der Waals surface area contributed by atoms with Gasteiger partial charge >= 0.3 is 0 Å². The Balaban J connectivity index is 1.30. The first-order valence-corrected chi connectivity index (χ1v) is 11.0. The number of amides is 1. The molecule has 1 aliphatic rings. The third-order valence-electron chi connectivity index (χ3n) is 5.90. The Morgan fingerprint density at radius 1 is 1.16 bits per heavy atom. The number of hydrogen-bond acceptors (Lipinski definition) is 6. The van der Waals surface area contributed by atoms with E-state index in [1.54, 1.807) is 13.2 Å². The summed E-state index contributed by atoms with van der Waals surface area (Å²) in [5, 5.41) is 6.90. The lowest BCUT2D eigenvalue weighted by Gasteiger charge is -2.40. The molecule has 32 heavy (non-hydrogen) atoms. The van der Waals surface area contributed by atoms with Crippen LogP contribution in [-0.4, -0.2) is 67.7 Å². The molecular weight excluding hydrogens is 404 g/mol. The number of rotatable bonds is 8. The van der Waals surface area contributed by atoms with Crippen molar-refractivity contribution in [3.8, 4) is 17.1 Å². The van der Waals surface area contributed by atoms with Crippen LogP contribution in [0.2, 0.25) is 0 Å². The minimum absolute atomic E-state index is 0.229. The van der Waals surface area contributed by atoms with Crippen molar-refractivity contribution in [3.05, 3.63) is 71.9 Å². The second-order valence-corrected chi connectivity index (χ2v) is 8.11. The minimum Gasteiger partial charge on any atom is -0.496 e. The lowest BCUT2D eigenvalue weighted by molar-refractivity contribution is 0.0863. The summed E-state index contributed by atoms with van der Waals surface area (Å²) in [6.07, 6.45) is 0.871. The van der Waals surface area contributed by atoms with Crippen LogP contribution >= 0.6 is 0 Å². The van der Waals surface area contributed by atoms with E-state index in [-0.39, 0.29) is 11.6 Å². The number of carbonyl (C=O) groups excluding carboxylic acids is 1. The van der Waals surface area contributed by atoms with Crippen molar-refractivity contribution in [1.29, 1.82) is 0 Å². The topological polar surface area (TPSA) is 70.8 Å². The molecule has 168 valence electrons. The Labute approximate surface area is 188 Å². The van der Waals surface area contributed by atoms with E-state index in [2.05, 4.69) is 57.7 Å². The summed E-state index contributed by atoms with van der Waals surface area (Å²) in [5.41, 5.74) is 2.38. The minimum atomic E-state index is -0.229. The van der Waals surface area contributed by atoms with Crippen LogP contribution in [0, 0.1) is 0 Å². The van der Waals surface area contributed by atoms with Crippen molar-refractivity contribution in [3.63, 3.8) is 0 Å². The van der Waals surface area contributed by atoms with E-state index in [1.807, 2.05) is 24.3 Å².